The summed E-state index contributed by atoms with van der Waals surface area (Å²) in [6.45, 7) is 14.0. The van der Waals surface area contributed by atoms with Gasteiger partial charge in [-0.05, 0) is 57.7 Å². The SMILES string of the molecule is CCNC(=NCc1cccc(COCCOCC)c1)NCCCN1CCCCC1C. The van der Waals surface area contributed by atoms with E-state index in [-0.39, 0.29) is 0 Å². The van der Waals surface area contributed by atoms with Crippen molar-refractivity contribution in [1.29, 1.82) is 0 Å². The third-order valence-corrected chi connectivity index (χ3v) is 5.46. The summed E-state index contributed by atoms with van der Waals surface area (Å²) in [7, 11) is 0. The minimum atomic E-state index is 0.609. The Morgan fingerprint density at radius 3 is 2.77 bits per heavy atom. The van der Waals surface area contributed by atoms with Crippen LogP contribution in [0.5, 0.6) is 0 Å². The monoisotopic (exact) mass is 418 g/mol. The number of aliphatic imine (C=N–C) groups is 1. The lowest BCUT2D eigenvalue weighted by Crippen LogP contribution is -2.41. The van der Waals surface area contributed by atoms with E-state index >= 15 is 0 Å². The molecule has 30 heavy (non-hydrogen) atoms. The fourth-order valence-electron chi connectivity index (χ4n) is 3.76. The number of ether oxygens (including phenoxy) is 2. The first-order valence-corrected chi connectivity index (χ1v) is 11.7. The summed E-state index contributed by atoms with van der Waals surface area (Å²) in [5.74, 6) is 0.891. The average Bonchev–Trinajstić information content (AvgIpc) is 2.76. The number of piperidine rings is 1. The quantitative estimate of drug-likeness (QED) is 0.291. The second-order valence-electron chi connectivity index (χ2n) is 7.93. The standard InChI is InChI=1S/C24H42N4O2/c1-4-25-24(26-13-9-15-28-14-7-6-10-21(28)3)27-19-22-11-8-12-23(18-22)20-30-17-16-29-5-2/h8,11-12,18,21H,4-7,9-10,13-17,19-20H2,1-3H3,(H2,25,26,27). The molecule has 6 heteroatoms. The largest absolute Gasteiger partial charge is 0.379 e. The lowest BCUT2D eigenvalue weighted by Gasteiger charge is -2.33. The summed E-state index contributed by atoms with van der Waals surface area (Å²) in [5, 5.41) is 6.84. The van der Waals surface area contributed by atoms with E-state index in [4.69, 9.17) is 14.5 Å². The van der Waals surface area contributed by atoms with Crippen LogP contribution in [0.1, 0.15) is 57.6 Å². The van der Waals surface area contributed by atoms with Crippen molar-refractivity contribution in [3.05, 3.63) is 35.4 Å². The fraction of sp³-hybridized carbons (Fsp3) is 0.708. The zero-order valence-corrected chi connectivity index (χ0v) is 19.3. The molecule has 1 atom stereocenters. The summed E-state index contributed by atoms with van der Waals surface area (Å²) in [6.07, 6.45) is 5.21. The molecule has 1 saturated heterocycles. The molecule has 170 valence electrons. The van der Waals surface area contributed by atoms with Gasteiger partial charge in [-0.3, -0.25) is 0 Å². The Labute approximate surface area is 183 Å². The lowest BCUT2D eigenvalue weighted by atomic mass is 10.0. The summed E-state index contributed by atoms with van der Waals surface area (Å²) in [6, 6.07) is 9.20. The zero-order valence-electron chi connectivity index (χ0n) is 19.3. The number of benzene rings is 1. The summed E-state index contributed by atoms with van der Waals surface area (Å²) in [5.41, 5.74) is 2.37. The van der Waals surface area contributed by atoms with Gasteiger partial charge < -0.3 is 25.0 Å². The third-order valence-electron chi connectivity index (χ3n) is 5.46. The number of likely N-dealkylation sites (tertiary alicyclic amines) is 1. The van der Waals surface area contributed by atoms with Gasteiger partial charge >= 0.3 is 0 Å². The van der Waals surface area contributed by atoms with Gasteiger partial charge in [0.05, 0.1) is 26.4 Å². The number of nitrogens with one attached hydrogen (secondary N) is 2. The van der Waals surface area contributed by atoms with Gasteiger partial charge in [-0.2, -0.15) is 0 Å². The highest BCUT2D eigenvalue weighted by molar-refractivity contribution is 5.79. The van der Waals surface area contributed by atoms with Crippen molar-refractivity contribution in [2.75, 3.05) is 46.0 Å². The first-order chi connectivity index (χ1) is 14.7. The molecule has 2 rings (SSSR count). The van der Waals surface area contributed by atoms with E-state index in [0.717, 1.165) is 38.1 Å². The molecule has 0 saturated carbocycles. The Balaban J connectivity index is 1.74. The van der Waals surface area contributed by atoms with Gasteiger partial charge in [0.15, 0.2) is 5.96 Å². The molecular weight excluding hydrogens is 376 g/mol. The molecule has 0 amide bonds. The van der Waals surface area contributed by atoms with Crippen LogP contribution in [-0.4, -0.2) is 62.9 Å². The third kappa shape index (κ3) is 9.92. The first-order valence-electron chi connectivity index (χ1n) is 11.7. The Morgan fingerprint density at radius 1 is 1.13 bits per heavy atom. The Kier molecular flexibility index (Phi) is 12.5. The molecule has 1 fully saturated rings. The highest BCUT2D eigenvalue weighted by Gasteiger charge is 2.17. The van der Waals surface area contributed by atoms with Crippen LogP contribution in [0.3, 0.4) is 0 Å². The van der Waals surface area contributed by atoms with E-state index in [0.29, 0.717) is 26.4 Å². The van der Waals surface area contributed by atoms with Crippen LogP contribution in [0.25, 0.3) is 0 Å². The van der Waals surface area contributed by atoms with Crippen LogP contribution < -0.4 is 10.6 Å². The van der Waals surface area contributed by atoms with Gasteiger partial charge in [0.25, 0.3) is 0 Å². The molecule has 0 spiro atoms. The van der Waals surface area contributed by atoms with Crippen LogP contribution in [0.2, 0.25) is 0 Å². The van der Waals surface area contributed by atoms with Crippen LogP contribution in [0.15, 0.2) is 29.3 Å². The molecule has 2 N–H and O–H groups in total. The van der Waals surface area contributed by atoms with E-state index in [2.05, 4.69) is 53.6 Å². The van der Waals surface area contributed by atoms with Gasteiger partial charge in [0.2, 0.25) is 0 Å². The van der Waals surface area contributed by atoms with Crippen LogP contribution >= 0.6 is 0 Å². The van der Waals surface area contributed by atoms with Crippen molar-refractivity contribution in [2.45, 2.75) is 65.6 Å². The van der Waals surface area contributed by atoms with Crippen molar-refractivity contribution >= 4 is 5.96 Å². The maximum atomic E-state index is 5.67. The minimum absolute atomic E-state index is 0.609. The molecule has 1 aliphatic heterocycles. The van der Waals surface area contributed by atoms with Crippen molar-refractivity contribution in [2.24, 2.45) is 4.99 Å². The van der Waals surface area contributed by atoms with E-state index in [1.165, 1.54) is 43.5 Å². The first kappa shape index (κ1) is 24.6. The smallest absolute Gasteiger partial charge is 0.191 e. The lowest BCUT2D eigenvalue weighted by molar-refractivity contribution is 0.0453. The Morgan fingerprint density at radius 2 is 1.97 bits per heavy atom. The van der Waals surface area contributed by atoms with Crippen LogP contribution in [-0.2, 0) is 22.6 Å². The van der Waals surface area contributed by atoms with Gasteiger partial charge in [-0.25, -0.2) is 4.99 Å². The molecule has 0 bridgehead atoms. The second kappa shape index (κ2) is 15.2. The number of hydrogen-bond acceptors (Lipinski definition) is 4. The van der Waals surface area contributed by atoms with Gasteiger partial charge in [-0.1, -0.05) is 30.7 Å². The maximum absolute atomic E-state index is 5.67. The topological polar surface area (TPSA) is 58.1 Å². The van der Waals surface area contributed by atoms with Crippen LogP contribution in [0.4, 0.5) is 0 Å². The normalized spacial score (nSPS) is 17.8. The highest BCUT2D eigenvalue weighted by atomic mass is 16.5. The highest BCUT2D eigenvalue weighted by Crippen LogP contribution is 2.16. The van der Waals surface area contributed by atoms with E-state index in [9.17, 15) is 0 Å². The Bertz CT molecular complexity index is 609. The molecule has 1 aliphatic rings. The molecule has 0 radical (unpaired) electrons. The van der Waals surface area contributed by atoms with E-state index in [1.54, 1.807) is 0 Å². The number of hydrogen-bond donors (Lipinski definition) is 2. The van der Waals surface area contributed by atoms with Crippen molar-refractivity contribution in [3.8, 4) is 0 Å². The number of nitrogens with zero attached hydrogens (tertiary/aromatic N) is 2. The van der Waals surface area contributed by atoms with E-state index in [1.807, 2.05) is 6.92 Å². The van der Waals surface area contributed by atoms with Gasteiger partial charge in [0.1, 0.15) is 0 Å². The van der Waals surface area contributed by atoms with Crippen molar-refractivity contribution < 1.29 is 9.47 Å². The molecule has 0 aromatic heterocycles. The number of rotatable bonds is 13. The second-order valence-corrected chi connectivity index (χ2v) is 7.93. The molecule has 1 aromatic rings. The van der Waals surface area contributed by atoms with Gasteiger partial charge in [0, 0.05) is 32.3 Å². The molecule has 1 heterocycles. The fourth-order valence-corrected chi connectivity index (χ4v) is 3.76. The molecule has 6 nitrogen and oxygen atoms in total. The predicted molar refractivity (Wildman–Crippen MR) is 125 cm³/mol. The molecule has 1 aromatic carbocycles. The van der Waals surface area contributed by atoms with E-state index < -0.39 is 0 Å². The minimum Gasteiger partial charge on any atom is -0.379 e. The molecule has 1 unspecified atom stereocenters. The average molecular weight is 419 g/mol. The van der Waals surface area contributed by atoms with Crippen molar-refractivity contribution in [3.63, 3.8) is 0 Å². The Hall–Kier alpha value is -1.63. The van der Waals surface area contributed by atoms with Crippen molar-refractivity contribution in [1.82, 2.24) is 15.5 Å². The number of guanidine groups is 1. The summed E-state index contributed by atoms with van der Waals surface area (Å²) >= 11 is 0. The molecular formula is C24H42N4O2. The van der Waals surface area contributed by atoms with Gasteiger partial charge in [-0.15, -0.1) is 0 Å². The summed E-state index contributed by atoms with van der Waals surface area (Å²) in [4.78, 5) is 7.39. The predicted octanol–water partition coefficient (Wildman–Crippen LogP) is 3.56. The zero-order chi connectivity index (χ0) is 21.4. The molecule has 0 aliphatic carbocycles. The maximum Gasteiger partial charge on any atom is 0.191 e. The van der Waals surface area contributed by atoms with Crippen LogP contribution in [0, 0.1) is 0 Å². The summed E-state index contributed by atoms with van der Waals surface area (Å²) < 4.78 is 11.0.